The Morgan fingerprint density at radius 2 is 2.05 bits per heavy atom. The minimum atomic E-state index is -4.18. The number of aryl methyl sites for hydroxylation is 1. The second kappa shape index (κ2) is 4.65. The molecular formula is C15H18F3NO. The first-order chi connectivity index (χ1) is 9.43. The average molecular weight is 285 g/mol. The van der Waals surface area contributed by atoms with E-state index in [4.69, 9.17) is 4.74 Å². The van der Waals surface area contributed by atoms with Crippen LogP contribution in [-0.2, 0) is 0 Å². The highest BCUT2D eigenvalue weighted by atomic mass is 19.4. The highest BCUT2D eigenvalue weighted by Crippen LogP contribution is 2.51. The predicted molar refractivity (Wildman–Crippen MR) is 69.8 cm³/mol. The van der Waals surface area contributed by atoms with E-state index in [-0.39, 0.29) is 18.9 Å². The summed E-state index contributed by atoms with van der Waals surface area (Å²) in [5, 5.41) is 2.86. The number of hydrogen-bond donors (Lipinski definition) is 1. The van der Waals surface area contributed by atoms with Gasteiger partial charge in [0.25, 0.3) is 0 Å². The van der Waals surface area contributed by atoms with Crippen molar-refractivity contribution in [1.29, 1.82) is 0 Å². The Morgan fingerprint density at radius 1 is 1.30 bits per heavy atom. The van der Waals surface area contributed by atoms with Crippen LogP contribution in [0.4, 0.5) is 13.2 Å². The zero-order valence-corrected chi connectivity index (χ0v) is 11.4. The highest BCUT2D eigenvalue weighted by molar-refractivity contribution is 5.43. The standard InChI is InChI=1S/C15H18F3NO/c1-10-4-2-5-11-12(6-3-9-20-13(10)11)19-14(7-8-14)15(16,17)18/h2,4-5,12,19H,3,6-9H2,1H3. The molecule has 1 atom stereocenters. The summed E-state index contributed by atoms with van der Waals surface area (Å²) in [7, 11) is 0. The van der Waals surface area contributed by atoms with Crippen LogP contribution in [0.3, 0.4) is 0 Å². The molecule has 5 heteroatoms. The van der Waals surface area contributed by atoms with E-state index in [0.29, 0.717) is 13.0 Å². The molecule has 0 radical (unpaired) electrons. The molecule has 0 aromatic heterocycles. The second-order valence-electron chi connectivity index (χ2n) is 5.76. The molecule has 1 aromatic carbocycles. The van der Waals surface area contributed by atoms with Crippen LogP contribution >= 0.6 is 0 Å². The van der Waals surface area contributed by atoms with Gasteiger partial charge in [-0.3, -0.25) is 5.32 Å². The number of ether oxygens (including phenoxy) is 1. The minimum absolute atomic E-state index is 0.176. The van der Waals surface area contributed by atoms with Crippen molar-refractivity contribution >= 4 is 0 Å². The summed E-state index contributed by atoms with van der Waals surface area (Å²) >= 11 is 0. The van der Waals surface area contributed by atoms with Crippen LogP contribution in [0.1, 0.15) is 42.9 Å². The van der Waals surface area contributed by atoms with Crippen LogP contribution in [0.15, 0.2) is 18.2 Å². The molecule has 1 aliphatic heterocycles. The van der Waals surface area contributed by atoms with Gasteiger partial charge in [-0.1, -0.05) is 18.2 Å². The van der Waals surface area contributed by atoms with E-state index in [2.05, 4.69) is 5.32 Å². The van der Waals surface area contributed by atoms with E-state index >= 15 is 0 Å². The maximum atomic E-state index is 13.1. The molecule has 3 rings (SSSR count). The van der Waals surface area contributed by atoms with Crippen LogP contribution in [0.2, 0.25) is 0 Å². The van der Waals surface area contributed by atoms with Gasteiger partial charge in [0.1, 0.15) is 11.3 Å². The van der Waals surface area contributed by atoms with E-state index in [9.17, 15) is 13.2 Å². The fourth-order valence-corrected chi connectivity index (χ4v) is 2.88. The van der Waals surface area contributed by atoms with E-state index in [1.165, 1.54) is 0 Å². The van der Waals surface area contributed by atoms with Crippen molar-refractivity contribution in [3.63, 3.8) is 0 Å². The van der Waals surface area contributed by atoms with Gasteiger partial charge in [0.05, 0.1) is 6.61 Å². The number of nitrogens with one attached hydrogen (secondary N) is 1. The first-order valence-electron chi connectivity index (χ1n) is 7.00. The molecule has 110 valence electrons. The maximum Gasteiger partial charge on any atom is 0.406 e. The summed E-state index contributed by atoms with van der Waals surface area (Å²) in [6, 6.07) is 5.40. The zero-order chi connectivity index (χ0) is 14.4. The highest BCUT2D eigenvalue weighted by Gasteiger charge is 2.63. The second-order valence-corrected chi connectivity index (χ2v) is 5.76. The number of hydrogen-bond acceptors (Lipinski definition) is 2. The fraction of sp³-hybridized carbons (Fsp3) is 0.600. The Balaban J connectivity index is 1.90. The van der Waals surface area contributed by atoms with Crippen molar-refractivity contribution in [2.75, 3.05) is 6.61 Å². The summed E-state index contributed by atoms with van der Waals surface area (Å²) in [5.74, 6) is 0.750. The van der Waals surface area contributed by atoms with Gasteiger partial charge in [-0.15, -0.1) is 0 Å². The summed E-state index contributed by atoms with van der Waals surface area (Å²) in [4.78, 5) is 0. The predicted octanol–water partition coefficient (Wildman–Crippen LogP) is 3.89. The normalized spacial score (nSPS) is 24.5. The van der Waals surface area contributed by atoms with Crippen LogP contribution in [0, 0.1) is 6.92 Å². The average Bonchev–Trinajstić information content (AvgIpc) is 3.16. The van der Waals surface area contributed by atoms with Crippen molar-refractivity contribution < 1.29 is 17.9 Å². The van der Waals surface area contributed by atoms with Gasteiger partial charge in [0.15, 0.2) is 0 Å². The van der Waals surface area contributed by atoms with E-state index < -0.39 is 11.7 Å². The summed E-state index contributed by atoms with van der Waals surface area (Å²) < 4.78 is 45.1. The van der Waals surface area contributed by atoms with Crippen molar-refractivity contribution in [2.45, 2.75) is 50.4 Å². The largest absolute Gasteiger partial charge is 0.493 e. The lowest BCUT2D eigenvalue weighted by atomic mass is 9.98. The molecule has 2 nitrogen and oxygen atoms in total. The third-order valence-electron chi connectivity index (χ3n) is 4.24. The SMILES string of the molecule is Cc1cccc2c1OCCCC2NC1(C(F)(F)F)CC1. The van der Waals surface area contributed by atoms with E-state index in [0.717, 1.165) is 23.3 Å². The lowest BCUT2D eigenvalue weighted by Crippen LogP contribution is -2.46. The van der Waals surface area contributed by atoms with Gasteiger partial charge in [-0.25, -0.2) is 0 Å². The minimum Gasteiger partial charge on any atom is -0.493 e. The molecular weight excluding hydrogens is 267 g/mol. The quantitative estimate of drug-likeness (QED) is 0.890. The first-order valence-corrected chi connectivity index (χ1v) is 7.00. The molecule has 2 aliphatic rings. The van der Waals surface area contributed by atoms with Crippen LogP contribution in [-0.4, -0.2) is 18.3 Å². The topological polar surface area (TPSA) is 21.3 Å². The molecule has 1 fully saturated rings. The van der Waals surface area contributed by atoms with Gasteiger partial charge >= 0.3 is 6.18 Å². The van der Waals surface area contributed by atoms with Crippen molar-refractivity contribution in [2.24, 2.45) is 0 Å². The lowest BCUT2D eigenvalue weighted by Gasteiger charge is -2.27. The number of fused-ring (bicyclic) bond motifs is 1. The van der Waals surface area contributed by atoms with Crippen LogP contribution in [0.25, 0.3) is 0 Å². The van der Waals surface area contributed by atoms with Gasteiger partial charge in [-0.05, 0) is 38.2 Å². The fourth-order valence-electron chi connectivity index (χ4n) is 2.88. The van der Waals surface area contributed by atoms with Crippen LogP contribution in [0.5, 0.6) is 5.75 Å². The van der Waals surface area contributed by atoms with Crippen molar-refractivity contribution in [3.05, 3.63) is 29.3 Å². The number of rotatable bonds is 2. The van der Waals surface area contributed by atoms with Crippen molar-refractivity contribution in [1.82, 2.24) is 5.32 Å². The summed E-state index contributed by atoms with van der Waals surface area (Å²) in [5.41, 5.74) is 0.161. The molecule has 1 N–H and O–H groups in total. The third kappa shape index (κ3) is 2.28. The molecule has 1 saturated carbocycles. The Bertz CT molecular complexity index is 508. The van der Waals surface area contributed by atoms with E-state index in [1.807, 2.05) is 25.1 Å². The van der Waals surface area contributed by atoms with E-state index in [1.54, 1.807) is 0 Å². The number of benzene rings is 1. The summed E-state index contributed by atoms with van der Waals surface area (Å²) in [6.45, 7) is 2.49. The Hall–Kier alpha value is -1.23. The molecule has 1 heterocycles. The summed E-state index contributed by atoms with van der Waals surface area (Å²) in [6.07, 6.45) is -2.39. The molecule has 1 aromatic rings. The van der Waals surface area contributed by atoms with Gasteiger partial charge in [-0.2, -0.15) is 13.2 Å². The Kier molecular flexibility index (Phi) is 3.20. The third-order valence-corrected chi connectivity index (χ3v) is 4.24. The number of alkyl halides is 3. The lowest BCUT2D eigenvalue weighted by molar-refractivity contribution is -0.168. The molecule has 0 bridgehead atoms. The molecule has 0 saturated heterocycles. The van der Waals surface area contributed by atoms with Crippen LogP contribution < -0.4 is 10.1 Å². The number of halogens is 3. The maximum absolute atomic E-state index is 13.1. The Morgan fingerprint density at radius 3 is 2.70 bits per heavy atom. The van der Waals surface area contributed by atoms with Gasteiger partial charge in [0, 0.05) is 11.6 Å². The molecule has 0 spiro atoms. The zero-order valence-electron chi connectivity index (χ0n) is 11.4. The Labute approximate surface area is 116 Å². The molecule has 20 heavy (non-hydrogen) atoms. The molecule has 0 amide bonds. The van der Waals surface area contributed by atoms with Crippen molar-refractivity contribution in [3.8, 4) is 5.75 Å². The van der Waals surface area contributed by atoms with Gasteiger partial charge in [0.2, 0.25) is 0 Å². The monoisotopic (exact) mass is 285 g/mol. The molecule has 1 aliphatic carbocycles. The van der Waals surface area contributed by atoms with Gasteiger partial charge < -0.3 is 4.74 Å². The molecule has 1 unspecified atom stereocenters. The number of para-hydroxylation sites is 1. The smallest absolute Gasteiger partial charge is 0.406 e. The first kappa shape index (κ1) is 13.7.